The lowest BCUT2D eigenvalue weighted by atomic mass is 9.87. The number of nitrogens with one attached hydrogen (secondary N) is 1. The first-order chi connectivity index (χ1) is 25.7. The molecule has 0 bridgehead atoms. The summed E-state index contributed by atoms with van der Waals surface area (Å²) < 4.78 is 48.9. The fourth-order valence-electron chi connectivity index (χ4n) is 6.29. The number of ether oxygens (including phenoxy) is 9. The maximum absolute atomic E-state index is 13.3. The van der Waals surface area contributed by atoms with Crippen LogP contribution in [0, 0.1) is 0 Å². The van der Waals surface area contributed by atoms with Gasteiger partial charge in [-0.25, -0.2) is 4.79 Å². The number of aliphatic carboxylic acids is 1. The molecule has 1 unspecified atom stereocenters. The Balaban J connectivity index is 2.17. The van der Waals surface area contributed by atoms with Gasteiger partial charge in [-0.3, -0.25) is 24.0 Å². The van der Waals surface area contributed by atoms with Gasteiger partial charge in [-0.2, -0.15) is 0 Å². The van der Waals surface area contributed by atoms with Gasteiger partial charge in [0.2, 0.25) is 5.91 Å². The van der Waals surface area contributed by atoms with Crippen molar-refractivity contribution in [3.05, 3.63) is 0 Å². The molecule has 0 aromatic heterocycles. The number of aliphatic hydroxyl groups is 7. The average Bonchev–Trinajstić information content (AvgIpc) is 3.08. The molecule has 0 saturated carbocycles. The summed E-state index contributed by atoms with van der Waals surface area (Å²) >= 11 is 0. The largest absolute Gasteiger partial charge is 0.477 e. The van der Waals surface area contributed by atoms with Crippen LogP contribution in [0.15, 0.2) is 0 Å². The maximum Gasteiger partial charge on any atom is 0.364 e. The first-order valence-corrected chi connectivity index (χ1v) is 16.8. The van der Waals surface area contributed by atoms with Crippen LogP contribution in [-0.2, 0) is 71.4 Å². The molecule has 24 nitrogen and oxygen atoms in total. The summed E-state index contributed by atoms with van der Waals surface area (Å²) in [7, 11) is 0. The first-order valence-electron chi connectivity index (χ1n) is 16.8. The van der Waals surface area contributed by atoms with Gasteiger partial charge in [0, 0.05) is 34.6 Å². The Bertz CT molecular complexity index is 1380. The van der Waals surface area contributed by atoms with Gasteiger partial charge in [0.25, 0.3) is 5.79 Å². The molecule has 0 aliphatic carbocycles. The fraction of sp³-hybridized carbons (Fsp3) is 0.806. The molecular formula is C31H47NO23. The van der Waals surface area contributed by atoms with E-state index >= 15 is 0 Å². The van der Waals surface area contributed by atoms with E-state index in [1.807, 2.05) is 0 Å². The number of rotatable bonds is 15. The predicted molar refractivity (Wildman–Crippen MR) is 168 cm³/mol. The van der Waals surface area contributed by atoms with E-state index in [0.717, 1.165) is 34.6 Å². The van der Waals surface area contributed by atoms with Crippen LogP contribution in [0.4, 0.5) is 0 Å². The summed E-state index contributed by atoms with van der Waals surface area (Å²) in [5.74, 6) is -10.1. The van der Waals surface area contributed by atoms with Crippen LogP contribution < -0.4 is 5.32 Å². The average molecular weight is 802 g/mol. The molecular weight excluding hydrogens is 754 g/mol. The number of aliphatic hydroxyl groups excluding tert-OH is 7. The van der Waals surface area contributed by atoms with E-state index in [9.17, 15) is 69.6 Å². The number of carbonyl (C=O) groups excluding carboxylic acids is 5. The van der Waals surface area contributed by atoms with Crippen LogP contribution in [0.1, 0.15) is 41.0 Å². The highest BCUT2D eigenvalue weighted by molar-refractivity contribution is 5.77. The molecule has 24 heteroatoms. The Morgan fingerprint density at radius 1 is 0.764 bits per heavy atom. The highest BCUT2D eigenvalue weighted by atomic mass is 16.8. The predicted octanol–water partition coefficient (Wildman–Crippen LogP) is -5.94. The zero-order valence-corrected chi connectivity index (χ0v) is 30.2. The number of hydrogen-bond acceptors (Lipinski definition) is 22. The van der Waals surface area contributed by atoms with E-state index in [-0.39, 0.29) is 0 Å². The second-order valence-electron chi connectivity index (χ2n) is 12.9. The van der Waals surface area contributed by atoms with Crippen molar-refractivity contribution < 1.29 is 112 Å². The third-order valence-electron chi connectivity index (χ3n) is 8.60. The van der Waals surface area contributed by atoms with Crippen molar-refractivity contribution in [3.8, 4) is 0 Å². The molecule has 3 aliphatic rings. The normalized spacial score (nSPS) is 37.4. The lowest BCUT2D eigenvalue weighted by Gasteiger charge is -2.51. The molecule has 3 aliphatic heterocycles. The minimum atomic E-state index is -3.18. The second kappa shape index (κ2) is 19.5. The zero-order chi connectivity index (χ0) is 41.5. The molecule has 314 valence electrons. The van der Waals surface area contributed by atoms with Crippen molar-refractivity contribution in [2.24, 2.45) is 0 Å². The molecule has 0 radical (unpaired) electrons. The Hall–Kier alpha value is -3.66. The highest BCUT2D eigenvalue weighted by Gasteiger charge is 2.62. The number of carboxylic acids is 1. The van der Waals surface area contributed by atoms with Crippen molar-refractivity contribution >= 4 is 35.8 Å². The highest BCUT2D eigenvalue weighted by Crippen LogP contribution is 2.40. The van der Waals surface area contributed by atoms with Crippen LogP contribution in [0.25, 0.3) is 0 Å². The number of hydrogen-bond donors (Lipinski definition) is 9. The second-order valence-corrected chi connectivity index (χ2v) is 12.9. The van der Waals surface area contributed by atoms with E-state index in [0.29, 0.717) is 0 Å². The Morgan fingerprint density at radius 3 is 1.89 bits per heavy atom. The van der Waals surface area contributed by atoms with E-state index < -0.39 is 160 Å². The van der Waals surface area contributed by atoms with E-state index in [1.54, 1.807) is 0 Å². The number of carboxylic acid groups (broad SMARTS) is 1. The summed E-state index contributed by atoms with van der Waals surface area (Å²) in [6, 6.07) is -1.65. The molecule has 3 heterocycles. The molecule has 3 saturated heterocycles. The van der Waals surface area contributed by atoms with Crippen LogP contribution in [0.3, 0.4) is 0 Å². The number of amides is 1. The van der Waals surface area contributed by atoms with Gasteiger partial charge in [-0.15, -0.1) is 0 Å². The van der Waals surface area contributed by atoms with Gasteiger partial charge in [-0.1, -0.05) is 0 Å². The smallest absolute Gasteiger partial charge is 0.364 e. The van der Waals surface area contributed by atoms with Gasteiger partial charge in [0.15, 0.2) is 24.8 Å². The van der Waals surface area contributed by atoms with E-state index in [2.05, 4.69) is 5.32 Å². The van der Waals surface area contributed by atoms with Gasteiger partial charge >= 0.3 is 29.8 Å². The van der Waals surface area contributed by atoms with Crippen LogP contribution in [0.2, 0.25) is 0 Å². The summed E-state index contributed by atoms with van der Waals surface area (Å²) in [6.45, 7) is 1.96. The molecule has 0 aromatic carbocycles. The molecule has 0 spiro atoms. The monoisotopic (exact) mass is 801 g/mol. The van der Waals surface area contributed by atoms with E-state index in [4.69, 9.17) is 42.6 Å². The van der Waals surface area contributed by atoms with Crippen molar-refractivity contribution in [3.63, 3.8) is 0 Å². The minimum absolute atomic E-state index is 0.821. The zero-order valence-electron chi connectivity index (χ0n) is 30.2. The van der Waals surface area contributed by atoms with Crippen LogP contribution >= 0.6 is 0 Å². The summed E-state index contributed by atoms with van der Waals surface area (Å²) in [6.07, 6.45) is -28.4. The minimum Gasteiger partial charge on any atom is -0.477 e. The van der Waals surface area contributed by atoms with Gasteiger partial charge in [0.1, 0.15) is 67.6 Å². The summed E-state index contributed by atoms with van der Waals surface area (Å²) in [5.41, 5.74) is 0. The quantitative estimate of drug-likeness (QED) is 0.0550. The summed E-state index contributed by atoms with van der Waals surface area (Å²) in [5, 5.41) is 86.1. The molecule has 3 fully saturated rings. The van der Waals surface area contributed by atoms with Gasteiger partial charge < -0.3 is 88.8 Å². The summed E-state index contributed by atoms with van der Waals surface area (Å²) in [4.78, 5) is 74.5. The Kier molecular flexibility index (Phi) is 16.2. The van der Waals surface area contributed by atoms with Crippen molar-refractivity contribution in [1.82, 2.24) is 5.32 Å². The molecule has 9 N–H and O–H groups in total. The SMILES string of the molecule is CC(=O)N[C@H]1[C@H]([C@H](OC(C)=O)[C@@H](COC(C)=O)OC(C)=O)O[C@@](O[C@H]2[C@@H](O)[C@@H](CO)O[C@@H](O[C@H]3[C@H](O)[C@@H](O)C(O)O[C@@H]3CO)[C@@H]2O)(C(=O)O)C[C@@H]1OC(C)=O. The molecule has 16 atom stereocenters. The lowest BCUT2D eigenvalue weighted by molar-refractivity contribution is -0.385. The van der Waals surface area contributed by atoms with Crippen molar-refractivity contribution in [2.45, 2.75) is 139 Å². The van der Waals surface area contributed by atoms with Crippen LogP contribution in [-0.4, -0.2) is 194 Å². The number of carbonyl (C=O) groups is 6. The molecule has 1 amide bonds. The lowest BCUT2D eigenvalue weighted by Crippen LogP contribution is -2.71. The van der Waals surface area contributed by atoms with Crippen molar-refractivity contribution in [1.29, 1.82) is 0 Å². The standard InChI is InChI=1S/C31H47NO23/c1-10(35)32-19-15(48-12(3)37)6-31(30(45)46,54-26(19)25(50-14(5)39)18(49-13(4)38)9-47-11(2)36)55-27-20(40)16(7-33)52-29(23(27)43)53-24-17(8-34)51-28(44)22(42)21(24)41/h15-29,33-34,40-44H,6-9H2,1-5H3,(H,32,35)(H,45,46)/t15-,16+,17+,18+,19+,20-,21+,22+,23+,24+,25+,26+,27-,28?,29-,31-/m0/s1. The van der Waals surface area contributed by atoms with Gasteiger partial charge in [0.05, 0.1) is 25.7 Å². The third kappa shape index (κ3) is 11.2. The van der Waals surface area contributed by atoms with Gasteiger partial charge in [-0.05, 0) is 0 Å². The van der Waals surface area contributed by atoms with Crippen molar-refractivity contribution in [2.75, 3.05) is 19.8 Å². The molecule has 55 heavy (non-hydrogen) atoms. The molecule has 3 rings (SSSR count). The Morgan fingerprint density at radius 2 is 1.38 bits per heavy atom. The maximum atomic E-state index is 13.3. The van der Waals surface area contributed by atoms with E-state index in [1.165, 1.54) is 0 Å². The first kappa shape index (κ1) is 45.7. The van der Waals surface area contributed by atoms with Crippen LogP contribution in [0.5, 0.6) is 0 Å². The molecule has 0 aromatic rings. The number of esters is 4. The topological polar surface area (TPSA) is 359 Å². The third-order valence-corrected chi connectivity index (χ3v) is 8.60. The Labute approximate surface area is 312 Å². The fourth-order valence-corrected chi connectivity index (χ4v) is 6.29.